The molecule has 2 N–H and O–H groups in total. The summed E-state index contributed by atoms with van der Waals surface area (Å²) in [5, 5.41) is 10.4. The minimum Gasteiger partial charge on any atom is -0.444 e. The Labute approximate surface area is 168 Å². The van der Waals surface area contributed by atoms with Crippen LogP contribution >= 0.6 is 0 Å². The van der Waals surface area contributed by atoms with E-state index >= 15 is 0 Å². The number of halogens is 1. The molecule has 1 aromatic heterocycles. The van der Waals surface area contributed by atoms with E-state index in [0.717, 1.165) is 0 Å². The van der Waals surface area contributed by atoms with E-state index in [1.54, 1.807) is 46.8 Å². The summed E-state index contributed by atoms with van der Waals surface area (Å²) in [5.41, 5.74) is -0.707. The number of morpholine rings is 1. The molecule has 0 aliphatic carbocycles. The van der Waals surface area contributed by atoms with Crippen LogP contribution in [0.1, 0.15) is 40.3 Å². The Morgan fingerprint density at radius 3 is 2.72 bits per heavy atom. The van der Waals surface area contributed by atoms with Gasteiger partial charge in [0.15, 0.2) is 6.10 Å². The van der Waals surface area contributed by atoms with Crippen LogP contribution in [0.2, 0.25) is 0 Å². The fourth-order valence-corrected chi connectivity index (χ4v) is 3.23. The maximum absolute atomic E-state index is 13.9. The van der Waals surface area contributed by atoms with Crippen molar-refractivity contribution in [3.63, 3.8) is 0 Å². The number of carbonyl (C=O) groups excluding carboxylic acids is 2. The van der Waals surface area contributed by atoms with Gasteiger partial charge in [-0.2, -0.15) is 5.10 Å². The number of H-pyrrole nitrogens is 1. The lowest BCUT2D eigenvalue weighted by Gasteiger charge is -2.35. The van der Waals surface area contributed by atoms with E-state index in [9.17, 15) is 14.0 Å². The lowest BCUT2D eigenvalue weighted by molar-refractivity contribution is -0.139. The molecule has 1 saturated heterocycles. The van der Waals surface area contributed by atoms with E-state index in [1.165, 1.54) is 11.0 Å². The molecule has 0 radical (unpaired) electrons. The van der Waals surface area contributed by atoms with Crippen molar-refractivity contribution in [3.05, 3.63) is 29.7 Å². The first-order chi connectivity index (χ1) is 13.5. The van der Waals surface area contributed by atoms with E-state index in [0.29, 0.717) is 17.6 Å². The molecule has 1 aromatic carbocycles. The predicted molar refractivity (Wildman–Crippen MR) is 105 cm³/mol. The number of aromatic nitrogens is 2. The van der Waals surface area contributed by atoms with Gasteiger partial charge in [0, 0.05) is 11.9 Å². The summed E-state index contributed by atoms with van der Waals surface area (Å²) in [6, 6.07) is 4.68. The van der Waals surface area contributed by atoms with Gasteiger partial charge in [0.05, 0.1) is 24.4 Å². The van der Waals surface area contributed by atoms with Crippen LogP contribution in [-0.2, 0) is 19.8 Å². The predicted octanol–water partition coefficient (Wildman–Crippen LogP) is 2.69. The number of amides is 2. The van der Waals surface area contributed by atoms with Gasteiger partial charge in [0.25, 0.3) is 5.91 Å². The molecule has 2 heterocycles. The van der Waals surface area contributed by atoms with Gasteiger partial charge in [-0.25, -0.2) is 9.18 Å². The number of hydrogen-bond acceptors (Lipinski definition) is 5. The summed E-state index contributed by atoms with van der Waals surface area (Å²) in [6.07, 6.45) is -1.32. The topological polar surface area (TPSA) is 96.5 Å². The van der Waals surface area contributed by atoms with Gasteiger partial charge < -0.3 is 19.7 Å². The molecular formula is C20H27FN4O4. The average Bonchev–Trinajstić information content (AvgIpc) is 3.06. The van der Waals surface area contributed by atoms with Crippen LogP contribution in [-0.4, -0.2) is 58.5 Å². The Kier molecular flexibility index (Phi) is 5.53. The maximum Gasteiger partial charge on any atom is 0.410 e. The zero-order valence-corrected chi connectivity index (χ0v) is 17.3. The lowest BCUT2D eigenvalue weighted by Crippen LogP contribution is -2.55. The van der Waals surface area contributed by atoms with E-state index in [2.05, 4.69) is 15.5 Å². The molecule has 1 fully saturated rings. The highest BCUT2D eigenvalue weighted by Crippen LogP contribution is 2.28. The van der Waals surface area contributed by atoms with Crippen molar-refractivity contribution in [3.8, 4) is 0 Å². The first kappa shape index (κ1) is 21.0. The summed E-state index contributed by atoms with van der Waals surface area (Å²) >= 11 is 0. The largest absolute Gasteiger partial charge is 0.444 e. The van der Waals surface area contributed by atoms with Gasteiger partial charge in [-0.05, 0) is 40.7 Å². The summed E-state index contributed by atoms with van der Waals surface area (Å²) < 4.78 is 24.9. The Morgan fingerprint density at radius 1 is 1.31 bits per heavy atom. The highest BCUT2D eigenvalue weighted by atomic mass is 19.1. The number of fused-ring (bicyclic) bond motifs is 1. The van der Waals surface area contributed by atoms with E-state index < -0.39 is 29.2 Å². The second-order valence-corrected chi connectivity index (χ2v) is 8.63. The second kappa shape index (κ2) is 7.62. The van der Waals surface area contributed by atoms with E-state index in [4.69, 9.17) is 9.47 Å². The minimum absolute atomic E-state index is 0.0900. The number of benzene rings is 1. The van der Waals surface area contributed by atoms with Crippen LogP contribution < -0.4 is 5.32 Å². The Morgan fingerprint density at radius 2 is 2.03 bits per heavy atom. The molecule has 0 spiro atoms. The number of nitrogens with one attached hydrogen (secondary N) is 2. The van der Waals surface area contributed by atoms with Crippen LogP contribution in [0.5, 0.6) is 0 Å². The molecule has 29 heavy (non-hydrogen) atoms. The van der Waals surface area contributed by atoms with Crippen molar-refractivity contribution in [1.82, 2.24) is 20.4 Å². The fraction of sp³-hybridized carbons (Fsp3) is 0.550. The first-order valence-corrected chi connectivity index (χ1v) is 9.52. The number of carbonyl (C=O) groups is 2. The van der Waals surface area contributed by atoms with Gasteiger partial charge >= 0.3 is 6.09 Å². The van der Waals surface area contributed by atoms with Gasteiger partial charge in [-0.15, -0.1) is 0 Å². The molecular weight excluding hydrogens is 379 g/mol. The first-order valence-electron chi connectivity index (χ1n) is 9.52. The summed E-state index contributed by atoms with van der Waals surface area (Å²) in [6.45, 7) is 9.59. The summed E-state index contributed by atoms with van der Waals surface area (Å²) in [4.78, 5) is 26.6. The van der Waals surface area contributed by atoms with Gasteiger partial charge in [-0.3, -0.25) is 9.89 Å². The van der Waals surface area contributed by atoms with Crippen molar-refractivity contribution in [2.24, 2.45) is 0 Å². The minimum atomic E-state index is -0.888. The standard InChI is InChI=1S/C20H27FN4O4/c1-19(2,3)29-18(27)25-9-10-28-14(11-25)17(26)22-20(4,5)16-12-7-6-8-13(21)15(12)23-24-16/h6-8,14H,9-11H2,1-5H3,(H,22,26)(H,23,24)/t14-/m0/s1. The molecule has 0 unspecified atom stereocenters. The Balaban J connectivity index is 1.71. The average molecular weight is 406 g/mol. The fourth-order valence-electron chi connectivity index (χ4n) is 3.23. The third kappa shape index (κ3) is 4.67. The zero-order valence-electron chi connectivity index (χ0n) is 17.3. The number of hydrogen-bond donors (Lipinski definition) is 2. The monoisotopic (exact) mass is 406 g/mol. The van der Waals surface area contributed by atoms with Crippen molar-refractivity contribution in [1.29, 1.82) is 0 Å². The molecule has 1 aliphatic heterocycles. The maximum atomic E-state index is 13.9. The molecule has 8 nitrogen and oxygen atoms in total. The smallest absolute Gasteiger partial charge is 0.410 e. The molecule has 2 aromatic rings. The zero-order chi connectivity index (χ0) is 21.4. The van der Waals surface area contributed by atoms with Gasteiger partial charge in [0.2, 0.25) is 0 Å². The summed E-state index contributed by atoms with van der Waals surface area (Å²) in [7, 11) is 0. The third-order valence-corrected chi connectivity index (χ3v) is 4.59. The molecule has 2 amide bonds. The van der Waals surface area contributed by atoms with Crippen LogP contribution in [0.4, 0.5) is 9.18 Å². The van der Waals surface area contributed by atoms with Gasteiger partial charge in [-0.1, -0.05) is 12.1 Å². The van der Waals surface area contributed by atoms with Crippen LogP contribution in [0.25, 0.3) is 10.9 Å². The molecule has 1 aliphatic rings. The number of ether oxygens (including phenoxy) is 2. The SMILES string of the molecule is CC(C)(C)OC(=O)N1CCO[C@H](C(=O)NC(C)(C)c2n[nH]c3c(F)cccc23)C1. The van der Waals surface area contributed by atoms with E-state index in [1.807, 2.05) is 0 Å². The second-order valence-electron chi connectivity index (χ2n) is 8.63. The quantitative estimate of drug-likeness (QED) is 0.817. The van der Waals surface area contributed by atoms with Crippen LogP contribution in [0.15, 0.2) is 18.2 Å². The number of rotatable bonds is 3. The number of nitrogens with zero attached hydrogens (tertiary/aromatic N) is 2. The Bertz CT molecular complexity index is 919. The molecule has 3 rings (SSSR count). The molecule has 0 saturated carbocycles. The molecule has 1 atom stereocenters. The molecule has 158 valence electrons. The lowest BCUT2D eigenvalue weighted by atomic mass is 9.96. The normalized spacial score (nSPS) is 18.0. The van der Waals surface area contributed by atoms with E-state index in [-0.39, 0.29) is 24.6 Å². The molecule has 9 heteroatoms. The van der Waals surface area contributed by atoms with Crippen LogP contribution in [0, 0.1) is 5.82 Å². The van der Waals surface area contributed by atoms with Crippen molar-refractivity contribution in [2.45, 2.75) is 51.9 Å². The van der Waals surface area contributed by atoms with Gasteiger partial charge in [0.1, 0.15) is 16.9 Å². The Hall–Kier alpha value is -2.68. The number of para-hydroxylation sites is 1. The highest BCUT2D eigenvalue weighted by Gasteiger charge is 2.35. The summed E-state index contributed by atoms with van der Waals surface area (Å²) in [5.74, 6) is -0.789. The van der Waals surface area contributed by atoms with Crippen molar-refractivity contribution >= 4 is 22.9 Å². The molecule has 0 bridgehead atoms. The van der Waals surface area contributed by atoms with Crippen molar-refractivity contribution in [2.75, 3.05) is 19.7 Å². The highest BCUT2D eigenvalue weighted by molar-refractivity contribution is 5.86. The number of aromatic amines is 1. The third-order valence-electron chi connectivity index (χ3n) is 4.59. The van der Waals surface area contributed by atoms with Crippen LogP contribution in [0.3, 0.4) is 0 Å². The van der Waals surface area contributed by atoms with Crippen molar-refractivity contribution < 1.29 is 23.5 Å².